The number of halogens is 1. The fourth-order valence-electron chi connectivity index (χ4n) is 5.06. The molecule has 2 aromatic rings. The molecule has 2 aliphatic heterocycles. The van der Waals surface area contributed by atoms with E-state index in [2.05, 4.69) is 57.2 Å². The molecule has 1 aliphatic carbocycles. The summed E-state index contributed by atoms with van der Waals surface area (Å²) < 4.78 is 5.33. The summed E-state index contributed by atoms with van der Waals surface area (Å²) in [5.74, 6) is 0.640. The molecule has 0 radical (unpaired) electrons. The molecule has 7 heteroatoms. The molecule has 3 atom stereocenters. The third kappa shape index (κ3) is 4.69. The molecule has 0 unspecified atom stereocenters. The van der Waals surface area contributed by atoms with Crippen molar-refractivity contribution in [1.29, 1.82) is 0 Å². The lowest BCUT2D eigenvalue weighted by Crippen LogP contribution is -2.42. The first kappa shape index (κ1) is 22.1. The Kier molecular flexibility index (Phi) is 6.49. The van der Waals surface area contributed by atoms with Crippen molar-refractivity contribution in [1.82, 2.24) is 10.3 Å². The second-order valence-corrected chi connectivity index (χ2v) is 9.33. The number of carbonyl (C=O) groups is 1. The van der Waals surface area contributed by atoms with Crippen LogP contribution in [-0.2, 0) is 9.53 Å². The smallest absolute Gasteiger partial charge is 0.254 e. The molecule has 2 aromatic carbocycles. The minimum absolute atomic E-state index is 0.0998. The largest absolute Gasteiger partial charge is 0.379 e. The summed E-state index contributed by atoms with van der Waals surface area (Å²) in [6, 6.07) is 14.6. The number of nitrogens with one attached hydrogen (secondary N) is 2. The van der Waals surface area contributed by atoms with Gasteiger partial charge in [0.15, 0.2) is 0 Å². The van der Waals surface area contributed by atoms with Gasteiger partial charge in [0.25, 0.3) is 5.91 Å². The molecule has 1 saturated heterocycles. The second kappa shape index (κ2) is 9.67. The van der Waals surface area contributed by atoms with Crippen LogP contribution in [0.3, 0.4) is 0 Å². The van der Waals surface area contributed by atoms with Crippen LogP contribution in [0, 0.1) is 5.92 Å². The van der Waals surface area contributed by atoms with Crippen molar-refractivity contribution >= 4 is 28.9 Å². The van der Waals surface area contributed by atoms with Gasteiger partial charge < -0.3 is 10.1 Å². The Morgan fingerprint density at radius 1 is 1.21 bits per heavy atom. The van der Waals surface area contributed by atoms with E-state index in [1.54, 1.807) is 0 Å². The highest BCUT2D eigenvalue weighted by atomic mass is 35.5. The maximum Gasteiger partial charge on any atom is 0.254 e. The Morgan fingerprint density at radius 2 is 2.03 bits per heavy atom. The second-order valence-electron chi connectivity index (χ2n) is 8.92. The summed E-state index contributed by atoms with van der Waals surface area (Å²) >= 11 is 6.54. The Morgan fingerprint density at radius 3 is 2.85 bits per heavy atom. The Hall–Kier alpha value is -2.67. The zero-order valence-electron chi connectivity index (χ0n) is 18.8. The van der Waals surface area contributed by atoms with Gasteiger partial charge in [-0.05, 0) is 54.2 Å². The van der Waals surface area contributed by atoms with Gasteiger partial charge in [-0.2, -0.15) is 5.10 Å². The monoisotopic (exact) mass is 464 g/mol. The number of benzene rings is 2. The van der Waals surface area contributed by atoms with Gasteiger partial charge in [-0.25, -0.2) is 5.43 Å². The quantitative estimate of drug-likeness (QED) is 0.392. The molecular formula is C26H29ClN4O2. The molecular weight excluding hydrogens is 436 g/mol. The first-order valence-electron chi connectivity index (χ1n) is 11.6. The van der Waals surface area contributed by atoms with Crippen molar-refractivity contribution in [2.24, 2.45) is 11.0 Å². The van der Waals surface area contributed by atoms with Gasteiger partial charge in [0, 0.05) is 29.7 Å². The number of morpholine rings is 1. The van der Waals surface area contributed by atoms with Crippen LogP contribution in [0.1, 0.15) is 42.0 Å². The number of nitrogens with zero attached hydrogens (tertiary/aromatic N) is 2. The number of rotatable bonds is 5. The highest BCUT2D eigenvalue weighted by Crippen LogP contribution is 2.50. The van der Waals surface area contributed by atoms with Crippen LogP contribution < -0.4 is 10.7 Å². The average Bonchev–Trinajstić information content (AvgIpc) is 3.33. The van der Waals surface area contributed by atoms with Crippen LogP contribution in [0.2, 0.25) is 5.02 Å². The van der Waals surface area contributed by atoms with E-state index < -0.39 is 0 Å². The van der Waals surface area contributed by atoms with Crippen molar-refractivity contribution < 1.29 is 9.53 Å². The maximum atomic E-state index is 12.3. The molecule has 0 aromatic heterocycles. The van der Waals surface area contributed by atoms with Crippen LogP contribution in [0.4, 0.5) is 5.69 Å². The SMILES string of the molecule is C/C(=N/NC(=O)CN1CCOCC1)c1ccc2c(c1)[C@@H]1C=CC[C@H]1[C@@H](c1ccccc1Cl)N2. The predicted octanol–water partition coefficient (Wildman–Crippen LogP) is 4.34. The third-order valence-corrected chi connectivity index (χ3v) is 7.18. The molecule has 1 fully saturated rings. The Bertz CT molecular complexity index is 1090. The average molecular weight is 465 g/mol. The first-order chi connectivity index (χ1) is 16.1. The Balaban J connectivity index is 1.33. The molecule has 2 heterocycles. The van der Waals surface area contributed by atoms with Crippen molar-refractivity contribution in [3.05, 3.63) is 76.3 Å². The number of amides is 1. The molecule has 6 nitrogen and oxygen atoms in total. The predicted molar refractivity (Wildman–Crippen MR) is 132 cm³/mol. The van der Waals surface area contributed by atoms with E-state index in [1.807, 2.05) is 25.1 Å². The number of hydrogen-bond donors (Lipinski definition) is 2. The highest BCUT2D eigenvalue weighted by Gasteiger charge is 2.38. The number of carbonyl (C=O) groups excluding carboxylic acids is 1. The maximum absolute atomic E-state index is 12.3. The Labute approximate surface area is 199 Å². The van der Waals surface area contributed by atoms with Gasteiger partial charge in [-0.15, -0.1) is 0 Å². The zero-order chi connectivity index (χ0) is 22.8. The van der Waals surface area contributed by atoms with Crippen LogP contribution in [0.25, 0.3) is 0 Å². The lowest BCUT2D eigenvalue weighted by atomic mass is 9.76. The summed E-state index contributed by atoms with van der Waals surface area (Å²) in [5.41, 5.74) is 8.05. The van der Waals surface area contributed by atoms with Crippen LogP contribution in [0.15, 0.2) is 59.7 Å². The van der Waals surface area contributed by atoms with E-state index in [4.69, 9.17) is 16.3 Å². The molecule has 172 valence electrons. The molecule has 0 bridgehead atoms. The number of hydrogen-bond acceptors (Lipinski definition) is 5. The lowest BCUT2D eigenvalue weighted by Gasteiger charge is -2.38. The molecule has 3 aliphatic rings. The highest BCUT2D eigenvalue weighted by molar-refractivity contribution is 6.31. The van der Waals surface area contributed by atoms with Gasteiger partial charge >= 0.3 is 0 Å². The summed E-state index contributed by atoms with van der Waals surface area (Å²) in [4.78, 5) is 14.4. The van der Waals surface area contributed by atoms with Crippen molar-refractivity contribution in [3.8, 4) is 0 Å². The molecule has 5 rings (SSSR count). The van der Waals surface area contributed by atoms with Gasteiger partial charge in [-0.3, -0.25) is 9.69 Å². The summed E-state index contributed by atoms with van der Waals surface area (Å²) in [6.45, 7) is 5.17. The fourth-order valence-corrected chi connectivity index (χ4v) is 5.32. The van der Waals surface area contributed by atoms with Crippen LogP contribution in [0.5, 0.6) is 0 Å². The molecule has 33 heavy (non-hydrogen) atoms. The summed E-state index contributed by atoms with van der Waals surface area (Å²) in [7, 11) is 0. The minimum Gasteiger partial charge on any atom is -0.379 e. The number of fused-ring (bicyclic) bond motifs is 3. The number of allylic oxidation sites excluding steroid dienone is 2. The van der Waals surface area contributed by atoms with Gasteiger partial charge in [0.2, 0.25) is 0 Å². The summed E-state index contributed by atoms with van der Waals surface area (Å²) in [6.07, 6.45) is 5.60. The van der Waals surface area contributed by atoms with Crippen molar-refractivity contribution in [3.63, 3.8) is 0 Å². The number of hydrazone groups is 1. The van der Waals surface area contributed by atoms with Crippen molar-refractivity contribution in [2.75, 3.05) is 38.2 Å². The van der Waals surface area contributed by atoms with Crippen LogP contribution in [-0.4, -0.2) is 49.4 Å². The summed E-state index contributed by atoms with van der Waals surface area (Å²) in [5, 5.41) is 8.91. The van der Waals surface area contributed by atoms with Gasteiger partial charge in [0.05, 0.1) is 31.5 Å². The number of ether oxygens (including phenoxy) is 1. The topological polar surface area (TPSA) is 66.0 Å². The standard InChI is InChI=1S/C26H29ClN4O2/c1-17(29-30-25(32)16-31-11-13-33-14-12-31)18-9-10-24-22(15-18)19-6-4-7-20(19)26(28-24)21-5-2-3-8-23(21)27/h2-6,8-10,15,19-20,26,28H,7,11-14,16H2,1H3,(H,30,32)/b29-17-/t19-,20-,26+/m1/s1. The zero-order valence-corrected chi connectivity index (χ0v) is 19.5. The van der Waals surface area contributed by atoms with E-state index in [0.29, 0.717) is 31.6 Å². The van der Waals surface area contributed by atoms with Gasteiger partial charge in [-0.1, -0.05) is 48.0 Å². The molecule has 1 amide bonds. The molecule has 0 spiro atoms. The van der Waals surface area contributed by atoms with Crippen LogP contribution >= 0.6 is 11.6 Å². The van der Waals surface area contributed by atoms with E-state index in [-0.39, 0.29) is 11.9 Å². The molecule has 2 N–H and O–H groups in total. The van der Waals surface area contributed by atoms with E-state index >= 15 is 0 Å². The number of anilines is 1. The minimum atomic E-state index is -0.0998. The van der Waals surface area contributed by atoms with E-state index in [0.717, 1.165) is 47.1 Å². The normalized spacial score (nSPS) is 24.7. The first-order valence-corrected chi connectivity index (χ1v) is 11.9. The van der Waals surface area contributed by atoms with Gasteiger partial charge in [0.1, 0.15) is 0 Å². The fraction of sp³-hybridized carbons (Fsp3) is 0.385. The lowest BCUT2D eigenvalue weighted by molar-refractivity contribution is -0.123. The van der Waals surface area contributed by atoms with E-state index in [1.165, 1.54) is 5.56 Å². The third-order valence-electron chi connectivity index (χ3n) is 6.84. The molecule has 0 saturated carbocycles. The van der Waals surface area contributed by atoms with Crippen molar-refractivity contribution in [2.45, 2.75) is 25.3 Å². The van der Waals surface area contributed by atoms with E-state index in [9.17, 15) is 4.79 Å².